The average Bonchev–Trinajstić information content (AvgIpc) is 3.25. The highest BCUT2D eigenvalue weighted by Crippen LogP contribution is 2.34. The molecule has 0 aliphatic carbocycles. The monoisotopic (exact) mass is 412 g/mol. The summed E-state index contributed by atoms with van der Waals surface area (Å²) in [5, 5.41) is 8.14. The molecule has 0 amide bonds. The van der Waals surface area contributed by atoms with Gasteiger partial charge in [-0.1, -0.05) is 42.5 Å². The smallest absolute Gasteiger partial charge is 0.227 e. The van der Waals surface area contributed by atoms with Crippen molar-refractivity contribution in [1.29, 1.82) is 0 Å². The molecule has 0 bridgehead atoms. The van der Waals surface area contributed by atoms with Crippen LogP contribution < -0.4 is 10.1 Å². The van der Waals surface area contributed by atoms with Crippen molar-refractivity contribution in [3.63, 3.8) is 0 Å². The van der Waals surface area contributed by atoms with Gasteiger partial charge in [0.2, 0.25) is 5.95 Å². The molecule has 5 nitrogen and oxygen atoms in total. The van der Waals surface area contributed by atoms with Crippen LogP contribution in [0.25, 0.3) is 17.1 Å². The Labute approximate surface area is 179 Å². The summed E-state index contributed by atoms with van der Waals surface area (Å²) in [6.07, 6.45) is 2.08. The van der Waals surface area contributed by atoms with Crippen molar-refractivity contribution in [1.82, 2.24) is 14.8 Å². The molecule has 1 aliphatic rings. The van der Waals surface area contributed by atoms with Crippen LogP contribution in [0.3, 0.4) is 0 Å². The molecule has 0 fully saturated rings. The predicted molar refractivity (Wildman–Crippen MR) is 119 cm³/mol. The number of hydrogen-bond acceptors (Lipinski definition) is 4. The van der Waals surface area contributed by atoms with Gasteiger partial charge in [0.05, 0.1) is 6.61 Å². The van der Waals surface area contributed by atoms with Crippen molar-refractivity contribution in [3.05, 3.63) is 102 Å². The van der Waals surface area contributed by atoms with Gasteiger partial charge in [0.15, 0.2) is 5.82 Å². The first-order valence-corrected chi connectivity index (χ1v) is 10.2. The third-order valence-corrected chi connectivity index (χ3v) is 5.19. The number of nitrogens with one attached hydrogen (secondary N) is 1. The van der Waals surface area contributed by atoms with Gasteiger partial charge in [-0.25, -0.2) is 9.07 Å². The lowest BCUT2D eigenvalue weighted by atomic mass is 10.0. The van der Waals surface area contributed by atoms with E-state index in [0.717, 1.165) is 28.1 Å². The molecule has 0 radical (unpaired) electrons. The molecular weight excluding hydrogens is 391 g/mol. The maximum atomic E-state index is 13.4. The molecule has 0 unspecified atom stereocenters. The van der Waals surface area contributed by atoms with Gasteiger partial charge < -0.3 is 10.1 Å². The number of benzene rings is 3. The van der Waals surface area contributed by atoms with E-state index >= 15 is 0 Å². The maximum Gasteiger partial charge on any atom is 0.227 e. The van der Waals surface area contributed by atoms with E-state index in [1.165, 1.54) is 12.1 Å². The van der Waals surface area contributed by atoms with Gasteiger partial charge in [0.25, 0.3) is 0 Å². The topological polar surface area (TPSA) is 52.0 Å². The molecule has 4 aromatic rings. The second kappa shape index (κ2) is 8.07. The van der Waals surface area contributed by atoms with E-state index < -0.39 is 0 Å². The first-order chi connectivity index (χ1) is 15.2. The van der Waals surface area contributed by atoms with Gasteiger partial charge in [0.1, 0.15) is 17.6 Å². The first kappa shape index (κ1) is 19.1. The van der Waals surface area contributed by atoms with Crippen LogP contribution in [0.2, 0.25) is 0 Å². The Balaban J connectivity index is 1.59. The second-order valence-electron chi connectivity index (χ2n) is 7.23. The zero-order chi connectivity index (χ0) is 21.2. The molecule has 3 aromatic carbocycles. The van der Waals surface area contributed by atoms with Crippen LogP contribution in [0.5, 0.6) is 5.75 Å². The zero-order valence-corrected chi connectivity index (χ0v) is 17.0. The summed E-state index contributed by atoms with van der Waals surface area (Å²) in [6.45, 7) is 2.58. The minimum atomic E-state index is -0.266. The molecule has 1 aromatic heterocycles. The number of allylic oxidation sites excluding steroid dienone is 1. The second-order valence-corrected chi connectivity index (χ2v) is 7.23. The Bertz CT molecular complexity index is 1210. The Morgan fingerprint density at radius 3 is 2.39 bits per heavy atom. The molecule has 1 atom stereocenters. The lowest BCUT2D eigenvalue weighted by molar-refractivity contribution is 0.340. The van der Waals surface area contributed by atoms with Gasteiger partial charge in [-0.15, -0.1) is 5.10 Å². The van der Waals surface area contributed by atoms with Crippen LogP contribution in [0.15, 0.2) is 84.9 Å². The molecule has 0 saturated carbocycles. The first-order valence-electron chi connectivity index (χ1n) is 10.2. The Hall–Kier alpha value is -3.93. The summed E-state index contributed by atoms with van der Waals surface area (Å²) >= 11 is 0. The van der Waals surface area contributed by atoms with Crippen LogP contribution in [0, 0.1) is 5.82 Å². The van der Waals surface area contributed by atoms with Gasteiger partial charge >= 0.3 is 0 Å². The number of fused-ring (bicyclic) bond motifs is 1. The third-order valence-electron chi connectivity index (χ3n) is 5.19. The number of anilines is 1. The summed E-state index contributed by atoms with van der Waals surface area (Å²) in [4.78, 5) is 4.74. The van der Waals surface area contributed by atoms with Crippen molar-refractivity contribution in [2.75, 3.05) is 11.9 Å². The third kappa shape index (κ3) is 3.80. The molecular formula is C25H21FN4O. The van der Waals surface area contributed by atoms with E-state index in [1.54, 1.807) is 12.1 Å². The fraction of sp³-hybridized carbons (Fsp3) is 0.120. The Morgan fingerprint density at radius 1 is 0.935 bits per heavy atom. The largest absolute Gasteiger partial charge is 0.494 e. The molecule has 6 heteroatoms. The van der Waals surface area contributed by atoms with E-state index in [9.17, 15) is 4.39 Å². The molecule has 0 saturated heterocycles. The van der Waals surface area contributed by atoms with Gasteiger partial charge in [-0.05, 0) is 60.5 Å². The summed E-state index contributed by atoms with van der Waals surface area (Å²) in [7, 11) is 0. The van der Waals surface area contributed by atoms with Crippen LogP contribution in [-0.2, 0) is 0 Å². The van der Waals surface area contributed by atoms with Crippen molar-refractivity contribution >= 4 is 11.6 Å². The van der Waals surface area contributed by atoms with Gasteiger partial charge in [0, 0.05) is 11.3 Å². The highest BCUT2D eigenvalue weighted by molar-refractivity contribution is 5.77. The van der Waals surface area contributed by atoms with E-state index in [-0.39, 0.29) is 11.9 Å². The lowest BCUT2D eigenvalue weighted by Gasteiger charge is -2.24. The fourth-order valence-electron chi connectivity index (χ4n) is 3.67. The number of halogens is 1. The average molecular weight is 412 g/mol. The summed E-state index contributed by atoms with van der Waals surface area (Å²) in [6, 6.07) is 24.1. The quantitative estimate of drug-likeness (QED) is 0.468. The van der Waals surface area contributed by atoms with Crippen LogP contribution >= 0.6 is 0 Å². The molecule has 0 spiro atoms. The highest BCUT2D eigenvalue weighted by atomic mass is 19.1. The van der Waals surface area contributed by atoms with E-state index in [2.05, 4.69) is 11.4 Å². The summed E-state index contributed by atoms with van der Waals surface area (Å²) < 4.78 is 20.9. The van der Waals surface area contributed by atoms with Crippen LogP contribution in [0.4, 0.5) is 10.3 Å². The zero-order valence-electron chi connectivity index (χ0n) is 17.0. The minimum Gasteiger partial charge on any atom is -0.494 e. The van der Waals surface area contributed by atoms with Gasteiger partial charge in [-0.2, -0.15) is 4.98 Å². The lowest BCUT2D eigenvalue weighted by Crippen LogP contribution is -2.20. The van der Waals surface area contributed by atoms with E-state index in [0.29, 0.717) is 18.4 Å². The SMILES string of the molecule is CCOc1ccc([C@H]2C=C(c3ccc(F)cc3)Nc3nc(-c4ccccc4)nn32)cc1. The van der Waals surface area contributed by atoms with Crippen molar-refractivity contribution in [2.45, 2.75) is 13.0 Å². The highest BCUT2D eigenvalue weighted by Gasteiger charge is 2.25. The van der Waals surface area contributed by atoms with E-state index in [4.69, 9.17) is 14.8 Å². The molecule has 1 aliphatic heterocycles. The molecule has 5 rings (SSSR count). The Morgan fingerprint density at radius 2 is 1.68 bits per heavy atom. The molecule has 2 heterocycles. The number of aromatic nitrogens is 3. The van der Waals surface area contributed by atoms with Crippen molar-refractivity contribution in [2.24, 2.45) is 0 Å². The van der Waals surface area contributed by atoms with Gasteiger partial charge in [-0.3, -0.25) is 0 Å². The van der Waals surface area contributed by atoms with Crippen molar-refractivity contribution < 1.29 is 9.13 Å². The van der Waals surface area contributed by atoms with Crippen molar-refractivity contribution in [3.8, 4) is 17.1 Å². The minimum absolute atomic E-state index is 0.169. The summed E-state index contributed by atoms with van der Waals surface area (Å²) in [5.41, 5.74) is 3.74. The van der Waals surface area contributed by atoms with Crippen LogP contribution in [-0.4, -0.2) is 21.4 Å². The Kier molecular flexibility index (Phi) is 4.96. The predicted octanol–water partition coefficient (Wildman–Crippen LogP) is 5.54. The summed E-state index contributed by atoms with van der Waals surface area (Å²) in [5.74, 6) is 1.84. The number of nitrogens with zero attached hydrogens (tertiary/aromatic N) is 3. The molecule has 154 valence electrons. The maximum absolute atomic E-state index is 13.4. The standard InChI is InChI=1S/C25H21FN4O/c1-2-31-21-14-10-18(11-15-21)23-16-22(17-8-12-20(26)13-9-17)27-25-28-24(29-30(23)25)19-6-4-3-5-7-19/h3-16,23H,2H2,1H3,(H,27,28,29)/t23-/m1/s1. The van der Waals surface area contributed by atoms with E-state index in [1.807, 2.05) is 66.2 Å². The normalized spacial score (nSPS) is 15.0. The number of rotatable bonds is 5. The molecule has 31 heavy (non-hydrogen) atoms. The molecule has 1 N–H and O–H groups in total. The number of ether oxygens (including phenoxy) is 1. The number of hydrogen-bond donors (Lipinski definition) is 1. The fourth-order valence-corrected chi connectivity index (χ4v) is 3.67. The van der Waals surface area contributed by atoms with Crippen LogP contribution in [0.1, 0.15) is 24.1 Å².